The van der Waals surface area contributed by atoms with Crippen LogP contribution in [0, 0.1) is 27.4 Å². The molecular formula is C10H6BrF3N2O3. The highest BCUT2D eigenvalue weighted by molar-refractivity contribution is 9.10. The number of nitrogens with zero attached hydrogens (tertiary/aromatic N) is 2. The summed E-state index contributed by atoms with van der Waals surface area (Å²) in [6.45, 7) is -1.01. The summed E-state index contributed by atoms with van der Waals surface area (Å²) in [6.07, 6.45) is -4.75. The summed E-state index contributed by atoms with van der Waals surface area (Å²) in [5.74, 6) is -2.68. The van der Waals surface area contributed by atoms with Gasteiger partial charge in [0.15, 0.2) is 5.92 Å². The number of benzene rings is 1. The topological polar surface area (TPSA) is 76.2 Å². The summed E-state index contributed by atoms with van der Waals surface area (Å²) in [6, 6.07) is 4.87. The van der Waals surface area contributed by atoms with Crippen molar-refractivity contribution < 1.29 is 22.8 Å². The predicted molar refractivity (Wildman–Crippen MR) is 61.4 cm³/mol. The Morgan fingerprint density at radius 1 is 1.53 bits per heavy atom. The van der Waals surface area contributed by atoms with Crippen LogP contribution in [-0.2, 0) is 0 Å². The molecule has 0 aliphatic carbocycles. The minimum atomic E-state index is -4.75. The van der Waals surface area contributed by atoms with Crippen molar-refractivity contribution in [2.45, 2.75) is 6.18 Å². The Bertz CT molecular complexity index is 528. The second kappa shape index (κ2) is 5.88. The molecule has 0 radical (unpaired) electrons. The highest BCUT2D eigenvalue weighted by Crippen LogP contribution is 2.36. The molecule has 5 nitrogen and oxygen atoms in total. The molecule has 0 amide bonds. The molecule has 0 saturated carbocycles. The molecule has 0 aliphatic heterocycles. The lowest BCUT2D eigenvalue weighted by molar-refractivity contribution is -0.386. The number of rotatable bonds is 4. The molecule has 0 heterocycles. The van der Waals surface area contributed by atoms with Gasteiger partial charge in [0.25, 0.3) is 0 Å². The second-order valence-electron chi connectivity index (χ2n) is 3.38. The van der Waals surface area contributed by atoms with Crippen molar-refractivity contribution in [1.82, 2.24) is 0 Å². The first-order chi connectivity index (χ1) is 8.77. The largest absolute Gasteiger partial charge is 0.484 e. The maximum absolute atomic E-state index is 12.3. The fourth-order valence-corrected chi connectivity index (χ4v) is 1.63. The van der Waals surface area contributed by atoms with Crippen LogP contribution < -0.4 is 4.74 Å². The van der Waals surface area contributed by atoms with Gasteiger partial charge in [-0.25, -0.2) is 0 Å². The molecule has 0 fully saturated rings. The van der Waals surface area contributed by atoms with Crippen LogP contribution in [0.5, 0.6) is 5.75 Å². The van der Waals surface area contributed by atoms with Gasteiger partial charge in [-0.05, 0) is 22.0 Å². The van der Waals surface area contributed by atoms with E-state index in [1.807, 2.05) is 0 Å². The molecule has 1 rings (SSSR count). The van der Waals surface area contributed by atoms with Crippen LogP contribution in [0.4, 0.5) is 18.9 Å². The molecule has 9 heteroatoms. The third kappa shape index (κ3) is 3.82. The first-order valence-corrected chi connectivity index (χ1v) is 5.58. The molecule has 0 spiro atoms. The molecule has 0 aromatic heterocycles. The van der Waals surface area contributed by atoms with E-state index in [1.165, 1.54) is 12.1 Å². The normalized spacial score (nSPS) is 12.6. The van der Waals surface area contributed by atoms with E-state index >= 15 is 0 Å². The molecule has 0 bridgehead atoms. The average molecular weight is 339 g/mol. The Balaban J connectivity index is 2.95. The lowest BCUT2D eigenvalue weighted by Crippen LogP contribution is -2.27. The fraction of sp³-hybridized carbons (Fsp3) is 0.300. The van der Waals surface area contributed by atoms with E-state index in [1.54, 1.807) is 0 Å². The van der Waals surface area contributed by atoms with Crippen LogP contribution in [-0.4, -0.2) is 17.7 Å². The fourth-order valence-electron chi connectivity index (χ4n) is 1.16. The maximum atomic E-state index is 12.3. The van der Waals surface area contributed by atoms with Crippen molar-refractivity contribution in [2.24, 2.45) is 5.92 Å². The molecule has 1 unspecified atom stereocenters. The predicted octanol–water partition coefficient (Wildman–Crippen LogP) is 3.44. The molecule has 19 heavy (non-hydrogen) atoms. The number of alkyl halides is 3. The van der Waals surface area contributed by atoms with Crippen molar-refractivity contribution in [1.29, 1.82) is 5.26 Å². The average Bonchev–Trinajstić information content (AvgIpc) is 2.29. The Hall–Kier alpha value is -1.82. The number of nitro groups is 1. The van der Waals surface area contributed by atoms with Crippen molar-refractivity contribution >= 4 is 21.6 Å². The number of nitriles is 1. The van der Waals surface area contributed by atoms with E-state index in [2.05, 4.69) is 15.9 Å². The zero-order valence-corrected chi connectivity index (χ0v) is 10.7. The molecule has 1 aromatic carbocycles. The van der Waals surface area contributed by atoms with Crippen molar-refractivity contribution in [3.63, 3.8) is 0 Å². The van der Waals surface area contributed by atoms with E-state index < -0.39 is 29.3 Å². The first-order valence-electron chi connectivity index (χ1n) is 4.79. The van der Waals surface area contributed by atoms with Crippen molar-refractivity contribution in [2.75, 3.05) is 6.61 Å². The van der Waals surface area contributed by atoms with Crippen LogP contribution >= 0.6 is 15.9 Å². The Morgan fingerprint density at radius 3 is 2.63 bits per heavy atom. The summed E-state index contributed by atoms with van der Waals surface area (Å²) in [5.41, 5.74) is -0.478. The summed E-state index contributed by atoms with van der Waals surface area (Å²) in [5, 5.41) is 19.1. The minimum absolute atomic E-state index is 0.139. The number of halogens is 4. The third-order valence-electron chi connectivity index (χ3n) is 2.09. The first kappa shape index (κ1) is 15.2. The quantitative estimate of drug-likeness (QED) is 0.622. The smallest absolute Gasteiger partial charge is 0.407 e. The minimum Gasteiger partial charge on any atom is -0.484 e. The zero-order valence-electron chi connectivity index (χ0n) is 9.15. The van der Waals surface area contributed by atoms with E-state index in [9.17, 15) is 23.3 Å². The Morgan fingerprint density at radius 2 is 2.16 bits per heavy atom. The van der Waals surface area contributed by atoms with Gasteiger partial charge in [-0.3, -0.25) is 10.1 Å². The highest BCUT2D eigenvalue weighted by atomic mass is 79.9. The number of hydrogen-bond donors (Lipinski definition) is 0. The van der Waals surface area contributed by atoms with E-state index in [0.29, 0.717) is 0 Å². The summed E-state index contributed by atoms with van der Waals surface area (Å²) < 4.78 is 41.9. The van der Waals surface area contributed by atoms with Crippen molar-refractivity contribution in [3.05, 3.63) is 32.8 Å². The van der Waals surface area contributed by atoms with Gasteiger partial charge in [-0.15, -0.1) is 0 Å². The molecule has 102 valence electrons. The molecule has 0 saturated heterocycles. The van der Waals surface area contributed by atoms with Gasteiger partial charge in [-0.1, -0.05) is 6.07 Å². The van der Waals surface area contributed by atoms with Crippen LogP contribution in [0.15, 0.2) is 22.7 Å². The second-order valence-corrected chi connectivity index (χ2v) is 4.23. The zero-order chi connectivity index (χ0) is 14.6. The van der Waals surface area contributed by atoms with Gasteiger partial charge >= 0.3 is 11.9 Å². The molecular weight excluding hydrogens is 333 g/mol. The summed E-state index contributed by atoms with van der Waals surface area (Å²) >= 11 is 2.94. The van der Waals surface area contributed by atoms with Gasteiger partial charge in [0, 0.05) is 6.07 Å². The Labute approximate surface area is 113 Å². The number of ether oxygens (including phenoxy) is 1. The molecule has 1 aromatic rings. The summed E-state index contributed by atoms with van der Waals surface area (Å²) in [4.78, 5) is 9.92. The van der Waals surface area contributed by atoms with Gasteiger partial charge in [0.1, 0.15) is 6.61 Å². The van der Waals surface area contributed by atoms with Crippen molar-refractivity contribution in [3.8, 4) is 11.8 Å². The van der Waals surface area contributed by atoms with E-state index in [4.69, 9.17) is 10.00 Å². The summed E-state index contributed by atoms with van der Waals surface area (Å²) in [7, 11) is 0. The highest BCUT2D eigenvalue weighted by Gasteiger charge is 2.41. The standard InChI is InChI=1S/C10H6BrF3N2O3/c11-7-2-1-3-8(16(17)18)9(7)19-5-6(4-15)10(12,13)14/h1-3,6H,5H2. The molecule has 1 atom stereocenters. The lowest BCUT2D eigenvalue weighted by Gasteiger charge is -2.14. The van der Waals surface area contributed by atoms with Crippen LogP contribution in [0.2, 0.25) is 0 Å². The van der Waals surface area contributed by atoms with Crippen LogP contribution in [0.25, 0.3) is 0 Å². The van der Waals surface area contributed by atoms with E-state index in [-0.39, 0.29) is 10.2 Å². The van der Waals surface area contributed by atoms with Gasteiger partial charge in [0.2, 0.25) is 5.75 Å². The number of para-hydroxylation sites is 1. The van der Waals surface area contributed by atoms with Gasteiger partial charge in [-0.2, -0.15) is 18.4 Å². The lowest BCUT2D eigenvalue weighted by atomic mass is 10.2. The maximum Gasteiger partial charge on any atom is 0.407 e. The van der Waals surface area contributed by atoms with E-state index in [0.717, 1.165) is 12.1 Å². The Kier molecular flexibility index (Phi) is 4.72. The van der Waals surface area contributed by atoms with Crippen LogP contribution in [0.3, 0.4) is 0 Å². The number of hydrogen-bond acceptors (Lipinski definition) is 4. The van der Waals surface area contributed by atoms with Crippen LogP contribution in [0.1, 0.15) is 0 Å². The molecule has 0 aliphatic rings. The number of nitro benzene ring substituents is 1. The third-order valence-corrected chi connectivity index (χ3v) is 2.71. The van der Waals surface area contributed by atoms with Gasteiger partial charge in [0.05, 0.1) is 15.5 Å². The van der Waals surface area contributed by atoms with Gasteiger partial charge < -0.3 is 4.74 Å². The monoisotopic (exact) mass is 338 g/mol. The SMILES string of the molecule is N#CC(COc1c(Br)cccc1[N+](=O)[O-])C(F)(F)F. The molecule has 0 N–H and O–H groups in total.